The van der Waals surface area contributed by atoms with Crippen LogP contribution in [-0.4, -0.2) is 33.9 Å². The summed E-state index contributed by atoms with van der Waals surface area (Å²) in [4.78, 5) is 16.1. The van der Waals surface area contributed by atoms with Gasteiger partial charge in [-0.25, -0.2) is 14.5 Å². The average Bonchev–Trinajstić information content (AvgIpc) is 2.83. The standard InChI is InChI=1S/C13H15N3O3/c1-4-16-12-9(8-15-16)11(18-5-2)10(7-14-12)13(17)19-6-3/h4,7-8H,1,5-6H2,2-3H3. The number of carbonyl (C=O) groups excluding carboxylic acids is 1. The Kier molecular flexibility index (Phi) is 3.79. The zero-order valence-electron chi connectivity index (χ0n) is 10.9. The number of rotatable bonds is 5. The second-order valence-electron chi connectivity index (χ2n) is 3.66. The minimum absolute atomic E-state index is 0.300. The van der Waals surface area contributed by atoms with Gasteiger partial charge in [0, 0.05) is 12.4 Å². The Morgan fingerprint density at radius 3 is 2.84 bits per heavy atom. The summed E-state index contributed by atoms with van der Waals surface area (Å²) < 4.78 is 12.1. The number of carbonyl (C=O) groups is 1. The van der Waals surface area contributed by atoms with E-state index in [0.29, 0.717) is 35.6 Å². The molecule has 0 atom stereocenters. The van der Waals surface area contributed by atoms with Gasteiger partial charge >= 0.3 is 5.97 Å². The zero-order chi connectivity index (χ0) is 13.8. The third-order valence-electron chi connectivity index (χ3n) is 2.53. The Labute approximate surface area is 110 Å². The molecule has 19 heavy (non-hydrogen) atoms. The molecule has 0 bridgehead atoms. The zero-order valence-corrected chi connectivity index (χ0v) is 10.9. The first-order chi connectivity index (χ1) is 9.22. The van der Waals surface area contributed by atoms with E-state index in [1.807, 2.05) is 6.92 Å². The lowest BCUT2D eigenvalue weighted by Gasteiger charge is -2.10. The molecule has 0 fully saturated rings. The van der Waals surface area contributed by atoms with E-state index in [1.165, 1.54) is 17.1 Å². The lowest BCUT2D eigenvalue weighted by molar-refractivity contribution is 0.0522. The highest BCUT2D eigenvalue weighted by atomic mass is 16.5. The van der Waals surface area contributed by atoms with Gasteiger partial charge in [0.15, 0.2) is 5.65 Å². The molecule has 2 aromatic heterocycles. The molecular weight excluding hydrogens is 246 g/mol. The lowest BCUT2D eigenvalue weighted by Crippen LogP contribution is -2.09. The van der Waals surface area contributed by atoms with E-state index >= 15 is 0 Å². The number of nitrogens with zero attached hydrogens (tertiary/aromatic N) is 3. The molecule has 0 radical (unpaired) electrons. The molecule has 0 aromatic carbocycles. The molecule has 2 aromatic rings. The Balaban J connectivity index is 2.61. The van der Waals surface area contributed by atoms with Crippen LogP contribution in [0.25, 0.3) is 17.2 Å². The quantitative estimate of drug-likeness (QED) is 0.771. The van der Waals surface area contributed by atoms with Gasteiger partial charge in [0.1, 0.15) is 11.3 Å². The van der Waals surface area contributed by atoms with E-state index in [1.54, 1.807) is 13.1 Å². The molecule has 100 valence electrons. The summed E-state index contributed by atoms with van der Waals surface area (Å²) in [5.41, 5.74) is 0.895. The molecule has 0 aliphatic rings. The summed E-state index contributed by atoms with van der Waals surface area (Å²) in [5.74, 6) is -0.00856. The smallest absolute Gasteiger partial charge is 0.343 e. The fourth-order valence-corrected chi connectivity index (χ4v) is 1.76. The maximum absolute atomic E-state index is 11.9. The van der Waals surface area contributed by atoms with Gasteiger partial charge < -0.3 is 9.47 Å². The van der Waals surface area contributed by atoms with Crippen LogP contribution in [0, 0.1) is 0 Å². The van der Waals surface area contributed by atoms with Crippen LogP contribution in [0.1, 0.15) is 24.2 Å². The number of hydrogen-bond donors (Lipinski definition) is 0. The summed E-state index contributed by atoms with van der Waals surface area (Å²) >= 11 is 0. The van der Waals surface area contributed by atoms with Gasteiger partial charge in [0.05, 0.1) is 24.8 Å². The average molecular weight is 261 g/mol. The highest BCUT2D eigenvalue weighted by Gasteiger charge is 2.19. The van der Waals surface area contributed by atoms with Crippen LogP contribution >= 0.6 is 0 Å². The number of ether oxygens (including phenoxy) is 2. The van der Waals surface area contributed by atoms with Crippen molar-refractivity contribution in [3.8, 4) is 5.75 Å². The molecule has 0 aliphatic heterocycles. The molecule has 6 nitrogen and oxygen atoms in total. The van der Waals surface area contributed by atoms with E-state index in [2.05, 4.69) is 16.7 Å². The molecule has 6 heteroatoms. The molecule has 0 saturated carbocycles. The number of pyridine rings is 1. The highest BCUT2D eigenvalue weighted by Crippen LogP contribution is 2.29. The van der Waals surface area contributed by atoms with Crippen molar-refractivity contribution in [3.05, 3.63) is 24.5 Å². The van der Waals surface area contributed by atoms with Crippen molar-refractivity contribution in [1.29, 1.82) is 0 Å². The topological polar surface area (TPSA) is 66.2 Å². The predicted octanol–water partition coefficient (Wildman–Crippen LogP) is 2.11. The largest absolute Gasteiger partial charge is 0.492 e. The normalized spacial score (nSPS) is 10.4. The SMILES string of the molecule is C=Cn1ncc2c(OCC)c(C(=O)OCC)cnc21. The predicted molar refractivity (Wildman–Crippen MR) is 71.0 cm³/mol. The first-order valence-electron chi connectivity index (χ1n) is 6.01. The fourth-order valence-electron chi connectivity index (χ4n) is 1.76. The fraction of sp³-hybridized carbons (Fsp3) is 0.308. The molecule has 0 saturated heterocycles. The van der Waals surface area contributed by atoms with Gasteiger partial charge in [-0.1, -0.05) is 6.58 Å². The maximum atomic E-state index is 11.9. The third kappa shape index (κ3) is 2.29. The summed E-state index contributed by atoms with van der Waals surface area (Å²) in [6, 6.07) is 0. The second kappa shape index (κ2) is 5.51. The van der Waals surface area contributed by atoms with E-state index in [0.717, 1.165) is 0 Å². The van der Waals surface area contributed by atoms with Crippen molar-refractivity contribution < 1.29 is 14.3 Å². The third-order valence-corrected chi connectivity index (χ3v) is 2.53. The van der Waals surface area contributed by atoms with Gasteiger partial charge in [-0.15, -0.1) is 0 Å². The number of hydrogen-bond acceptors (Lipinski definition) is 5. The Morgan fingerprint density at radius 1 is 1.42 bits per heavy atom. The maximum Gasteiger partial charge on any atom is 0.343 e. The second-order valence-corrected chi connectivity index (χ2v) is 3.66. The molecule has 2 heterocycles. The number of fused-ring (bicyclic) bond motifs is 1. The van der Waals surface area contributed by atoms with Crippen LogP contribution in [0.2, 0.25) is 0 Å². The Bertz CT molecular complexity index is 619. The van der Waals surface area contributed by atoms with Gasteiger partial charge in [-0.3, -0.25) is 0 Å². The van der Waals surface area contributed by atoms with Gasteiger partial charge in [-0.05, 0) is 13.8 Å². The molecule has 0 N–H and O–H groups in total. The van der Waals surface area contributed by atoms with Crippen LogP contribution in [0.4, 0.5) is 0 Å². The highest BCUT2D eigenvalue weighted by molar-refractivity contribution is 5.99. The first kappa shape index (κ1) is 13.1. The van der Waals surface area contributed by atoms with Crippen molar-refractivity contribution in [2.24, 2.45) is 0 Å². The van der Waals surface area contributed by atoms with E-state index in [9.17, 15) is 4.79 Å². The van der Waals surface area contributed by atoms with Crippen molar-refractivity contribution in [1.82, 2.24) is 14.8 Å². The Morgan fingerprint density at radius 2 is 2.21 bits per heavy atom. The summed E-state index contributed by atoms with van der Waals surface area (Å²) in [6.45, 7) is 7.98. The minimum Gasteiger partial charge on any atom is -0.492 e. The van der Waals surface area contributed by atoms with Crippen LogP contribution < -0.4 is 4.74 Å². The Hall–Kier alpha value is -2.37. The molecule has 0 aliphatic carbocycles. The summed E-state index contributed by atoms with van der Waals surface area (Å²) in [7, 11) is 0. The van der Waals surface area contributed by atoms with E-state index < -0.39 is 5.97 Å². The van der Waals surface area contributed by atoms with Crippen LogP contribution in [0.5, 0.6) is 5.75 Å². The lowest BCUT2D eigenvalue weighted by atomic mass is 10.2. The van der Waals surface area contributed by atoms with Crippen molar-refractivity contribution in [2.45, 2.75) is 13.8 Å². The van der Waals surface area contributed by atoms with E-state index in [4.69, 9.17) is 9.47 Å². The molecule has 2 rings (SSSR count). The summed E-state index contributed by atoms with van der Waals surface area (Å²) in [6.07, 6.45) is 4.57. The van der Waals surface area contributed by atoms with Crippen LogP contribution in [0.15, 0.2) is 19.0 Å². The van der Waals surface area contributed by atoms with Crippen molar-refractivity contribution >= 4 is 23.2 Å². The van der Waals surface area contributed by atoms with E-state index in [-0.39, 0.29) is 0 Å². The first-order valence-corrected chi connectivity index (χ1v) is 6.01. The molecule has 0 amide bonds. The number of aromatic nitrogens is 3. The summed E-state index contributed by atoms with van der Waals surface area (Å²) in [5, 5.41) is 4.77. The van der Waals surface area contributed by atoms with Gasteiger partial charge in [0.25, 0.3) is 0 Å². The van der Waals surface area contributed by atoms with Crippen molar-refractivity contribution in [2.75, 3.05) is 13.2 Å². The molecule has 0 unspecified atom stereocenters. The van der Waals surface area contributed by atoms with Crippen LogP contribution in [0.3, 0.4) is 0 Å². The van der Waals surface area contributed by atoms with Gasteiger partial charge in [0.2, 0.25) is 0 Å². The molecular formula is C13H15N3O3. The molecule has 0 spiro atoms. The van der Waals surface area contributed by atoms with Crippen LogP contribution in [-0.2, 0) is 4.74 Å². The van der Waals surface area contributed by atoms with Crippen molar-refractivity contribution in [3.63, 3.8) is 0 Å². The van der Waals surface area contributed by atoms with Gasteiger partial charge in [-0.2, -0.15) is 5.10 Å². The monoisotopic (exact) mass is 261 g/mol. The number of esters is 1. The minimum atomic E-state index is -0.452.